The molecule has 13 heteroatoms. The Morgan fingerprint density at radius 2 is 1.20 bits per heavy atom. The van der Waals surface area contributed by atoms with Crippen LogP contribution < -0.4 is 4.74 Å². The summed E-state index contributed by atoms with van der Waals surface area (Å²) in [5, 5.41) is 33.0. The van der Waals surface area contributed by atoms with Gasteiger partial charge >= 0.3 is 11.9 Å². The summed E-state index contributed by atoms with van der Waals surface area (Å²) in [6, 6.07) is 19.0. The molecule has 0 aliphatic carbocycles. The first-order valence-electron chi connectivity index (χ1n) is 11.0. The Morgan fingerprint density at radius 3 is 1.65 bits per heavy atom. The Balaban J connectivity index is 0.000000335. The average Bonchev–Trinajstić information content (AvgIpc) is 2.95. The number of halogens is 1. The zero-order valence-corrected chi connectivity index (χ0v) is 21.5. The molecule has 0 aromatic heterocycles. The molecule has 0 radical (unpaired) electrons. The van der Waals surface area contributed by atoms with E-state index < -0.39 is 21.8 Å². The zero-order valence-electron chi connectivity index (χ0n) is 20.7. The van der Waals surface area contributed by atoms with Crippen LogP contribution in [-0.2, 0) is 19.1 Å². The van der Waals surface area contributed by atoms with Gasteiger partial charge in [-0.2, -0.15) is 0 Å². The zero-order chi connectivity index (χ0) is 28.9. The van der Waals surface area contributed by atoms with Crippen LogP contribution in [0.25, 0.3) is 21.5 Å². The Morgan fingerprint density at radius 1 is 0.750 bits per heavy atom. The number of methoxy groups -OCH3 is 2. The van der Waals surface area contributed by atoms with Crippen LogP contribution in [0.5, 0.6) is 11.5 Å². The molecule has 0 spiro atoms. The molecule has 12 nitrogen and oxygen atoms in total. The lowest BCUT2D eigenvalue weighted by Gasteiger charge is -2.08. The van der Waals surface area contributed by atoms with Crippen molar-refractivity contribution in [2.45, 2.75) is 7.43 Å². The number of hydrogen-bond donors (Lipinski definition) is 1. The van der Waals surface area contributed by atoms with Crippen molar-refractivity contribution in [3.8, 4) is 11.5 Å². The topological polar surface area (TPSA) is 168 Å². The van der Waals surface area contributed by atoms with Gasteiger partial charge in [0.25, 0.3) is 11.4 Å². The number of hydrogen-bond acceptors (Lipinski definition) is 10. The molecule has 0 amide bonds. The van der Waals surface area contributed by atoms with E-state index in [4.69, 9.17) is 16.3 Å². The molecule has 0 aliphatic rings. The van der Waals surface area contributed by atoms with Crippen LogP contribution in [0.1, 0.15) is 7.43 Å². The molecule has 40 heavy (non-hydrogen) atoms. The number of fused-ring (bicyclic) bond motifs is 2. The third-order valence-corrected chi connectivity index (χ3v) is 5.26. The summed E-state index contributed by atoms with van der Waals surface area (Å²) in [5.74, 6) is -0.492. The Kier molecular flexibility index (Phi) is 13.3. The molecular formula is C27H27ClN2O10. The first-order valence-corrected chi connectivity index (χ1v) is 11.5. The highest BCUT2D eigenvalue weighted by molar-refractivity contribution is 6.26. The van der Waals surface area contributed by atoms with Crippen LogP contribution in [0.2, 0.25) is 0 Å². The average molecular weight is 575 g/mol. The van der Waals surface area contributed by atoms with Gasteiger partial charge in [0.15, 0.2) is 6.61 Å². The molecule has 0 aliphatic heterocycles. The molecule has 0 bridgehead atoms. The standard InChI is InChI=1S/C13H11NO5.C10H7NO3.C3H5ClO2.CH4/c1-18-13(15)8-19-12-7-6-11(14(16)17)9-4-2-3-5-10(9)12;12-10-6-5-9(11(13)14)7-3-1-2-4-8(7)10;1-6-3(5)2-4;/h2-7H,8H2,1H3;1-6,12H;2H2,1H3;1H4. The fraction of sp³-hybridized carbons (Fsp3) is 0.185. The number of nitrogens with zero attached hydrogens (tertiary/aromatic N) is 2. The summed E-state index contributed by atoms with van der Waals surface area (Å²) in [7, 11) is 2.56. The predicted molar refractivity (Wildman–Crippen MR) is 150 cm³/mol. The molecule has 4 aromatic rings. The normalized spacial score (nSPS) is 9.57. The van der Waals surface area contributed by atoms with Gasteiger partial charge in [0.1, 0.15) is 17.4 Å². The largest absolute Gasteiger partial charge is 0.507 e. The molecule has 0 saturated carbocycles. The molecule has 0 saturated heterocycles. The third-order valence-electron chi connectivity index (χ3n) is 5.04. The van der Waals surface area contributed by atoms with Crippen LogP contribution in [-0.4, -0.2) is 53.6 Å². The van der Waals surface area contributed by atoms with Gasteiger partial charge in [-0.15, -0.1) is 11.6 Å². The third kappa shape index (κ3) is 8.81. The summed E-state index contributed by atoms with van der Waals surface area (Å²) in [6.07, 6.45) is 0. The van der Waals surface area contributed by atoms with E-state index in [9.17, 15) is 34.9 Å². The number of benzene rings is 4. The van der Waals surface area contributed by atoms with E-state index in [2.05, 4.69) is 9.47 Å². The van der Waals surface area contributed by atoms with Gasteiger partial charge in [-0.3, -0.25) is 25.0 Å². The summed E-state index contributed by atoms with van der Waals surface area (Å²) in [6.45, 7) is -0.238. The molecule has 0 atom stereocenters. The van der Waals surface area contributed by atoms with E-state index in [1.54, 1.807) is 48.5 Å². The second-order valence-electron chi connectivity index (χ2n) is 7.37. The van der Waals surface area contributed by atoms with E-state index in [0.717, 1.165) is 0 Å². The van der Waals surface area contributed by atoms with Gasteiger partial charge in [0, 0.05) is 22.9 Å². The Labute approximate surface area is 233 Å². The van der Waals surface area contributed by atoms with E-state index >= 15 is 0 Å². The van der Waals surface area contributed by atoms with E-state index in [1.165, 1.54) is 38.5 Å². The lowest BCUT2D eigenvalue weighted by molar-refractivity contribution is -0.383. The minimum atomic E-state index is -0.512. The molecule has 4 aromatic carbocycles. The van der Waals surface area contributed by atoms with Gasteiger partial charge < -0.3 is 19.3 Å². The van der Waals surface area contributed by atoms with Gasteiger partial charge in [0.05, 0.1) is 34.8 Å². The lowest BCUT2D eigenvalue weighted by atomic mass is 10.1. The van der Waals surface area contributed by atoms with Crippen molar-refractivity contribution in [2.75, 3.05) is 26.7 Å². The minimum absolute atomic E-state index is 0. The van der Waals surface area contributed by atoms with Gasteiger partial charge in [-0.25, -0.2) is 4.79 Å². The fourth-order valence-corrected chi connectivity index (χ4v) is 3.33. The molecule has 0 unspecified atom stereocenters. The van der Waals surface area contributed by atoms with Crippen LogP contribution in [0.3, 0.4) is 0 Å². The maximum atomic E-state index is 11.0. The SMILES string of the molecule is C.COC(=O)CCl.COC(=O)COc1ccc([N+](=O)[O-])c2ccccc12.O=[N+]([O-])c1ccc(O)c2ccccc12. The van der Waals surface area contributed by atoms with Crippen molar-refractivity contribution in [3.05, 3.63) is 93.0 Å². The number of rotatable bonds is 6. The van der Waals surface area contributed by atoms with Crippen molar-refractivity contribution >= 4 is 56.5 Å². The highest BCUT2D eigenvalue weighted by Crippen LogP contribution is 2.33. The van der Waals surface area contributed by atoms with Gasteiger partial charge in [0.2, 0.25) is 0 Å². The maximum Gasteiger partial charge on any atom is 0.343 e. The second-order valence-corrected chi connectivity index (χ2v) is 7.63. The van der Waals surface area contributed by atoms with Crippen molar-refractivity contribution < 1.29 is 38.8 Å². The highest BCUT2D eigenvalue weighted by Gasteiger charge is 2.15. The molecule has 1 N–H and O–H groups in total. The summed E-state index contributed by atoms with van der Waals surface area (Å²) in [4.78, 5) is 41.5. The summed E-state index contributed by atoms with van der Waals surface area (Å²) >= 11 is 4.98. The van der Waals surface area contributed by atoms with Crippen LogP contribution >= 0.6 is 11.6 Å². The highest BCUT2D eigenvalue weighted by atomic mass is 35.5. The van der Waals surface area contributed by atoms with Crippen LogP contribution in [0.15, 0.2) is 72.8 Å². The first-order chi connectivity index (χ1) is 18.6. The number of esters is 2. The van der Waals surface area contributed by atoms with Crippen molar-refractivity contribution in [3.63, 3.8) is 0 Å². The summed E-state index contributed by atoms with van der Waals surface area (Å²) < 4.78 is 13.9. The van der Waals surface area contributed by atoms with Gasteiger partial charge in [-0.1, -0.05) is 43.8 Å². The minimum Gasteiger partial charge on any atom is -0.507 e. The number of nitro benzene ring substituents is 2. The van der Waals surface area contributed by atoms with Crippen LogP contribution in [0.4, 0.5) is 11.4 Å². The number of aromatic hydroxyl groups is 1. The van der Waals surface area contributed by atoms with E-state index in [-0.39, 0.29) is 37.0 Å². The molecule has 212 valence electrons. The van der Waals surface area contributed by atoms with Crippen molar-refractivity contribution in [2.24, 2.45) is 0 Å². The Bertz CT molecular complexity index is 1490. The van der Waals surface area contributed by atoms with Crippen molar-refractivity contribution in [1.29, 1.82) is 0 Å². The smallest absolute Gasteiger partial charge is 0.343 e. The quantitative estimate of drug-likeness (QED) is 0.129. The Hall–Kier alpha value is -4.97. The number of alkyl halides is 1. The molecule has 0 heterocycles. The number of carbonyl (C=O) groups is 2. The molecule has 0 fully saturated rings. The van der Waals surface area contributed by atoms with E-state index in [0.29, 0.717) is 27.3 Å². The lowest BCUT2D eigenvalue weighted by Crippen LogP contribution is -2.12. The fourth-order valence-electron chi connectivity index (χ4n) is 3.22. The predicted octanol–water partition coefficient (Wildman–Crippen LogP) is 5.79. The number of phenols is 1. The second kappa shape index (κ2) is 16.1. The van der Waals surface area contributed by atoms with Gasteiger partial charge in [-0.05, 0) is 24.3 Å². The molecular weight excluding hydrogens is 548 g/mol. The van der Waals surface area contributed by atoms with Crippen LogP contribution in [0, 0.1) is 20.2 Å². The number of nitro groups is 2. The monoisotopic (exact) mass is 574 g/mol. The van der Waals surface area contributed by atoms with Crippen molar-refractivity contribution in [1.82, 2.24) is 0 Å². The number of non-ortho nitro benzene ring substituents is 2. The summed E-state index contributed by atoms with van der Waals surface area (Å²) in [5.41, 5.74) is 0.0134. The maximum absolute atomic E-state index is 11.0. The first kappa shape index (κ1) is 33.1. The van der Waals surface area contributed by atoms with E-state index in [1.807, 2.05) is 0 Å². The molecule has 4 rings (SSSR count). The number of phenolic OH excluding ortho intramolecular Hbond substituents is 1. The number of carbonyl (C=O) groups excluding carboxylic acids is 2. The number of ether oxygens (including phenoxy) is 3.